The van der Waals surface area contributed by atoms with Crippen LogP contribution in [0.15, 0.2) is 30.6 Å². The van der Waals surface area contributed by atoms with E-state index in [0.29, 0.717) is 6.42 Å². The number of aliphatic hydroxyl groups is 1. The Morgan fingerprint density at radius 2 is 2.33 bits per heavy atom. The molecule has 1 N–H and O–H groups in total. The molecule has 12 heavy (non-hydrogen) atoms. The lowest BCUT2D eigenvalue weighted by Crippen LogP contribution is -1.92. The van der Waals surface area contributed by atoms with E-state index >= 15 is 0 Å². The van der Waals surface area contributed by atoms with Gasteiger partial charge in [-0.3, -0.25) is 0 Å². The minimum Gasteiger partial charge on any atom is -0.396 e. The number of hydrogen-bond donors (Lipinski definition) is 1. The van der Waals surface area contributed by atoms with Crippen molar-refractivity contribution in [3.8, 4) is 0 Å². The normalized spacial score (nSPS) is 10.8. The number of aliphatic hydroxyl groups excluding tert-OH is 1. The molecule has 3 nitrogen and oxygen atoms in total. The SMILES string of the molecule is OCCc1ccn2nccc2c1. The number of pyridine rings is 1. The maximum absolute atomic E-state index is 8.72. The molecule has 0 aliphatic heterocycles. The molecule has 0 saturated heterocycles. The van der Waals surface area contributed by atoms with Gasteiger partial charge in [0.05, 0.1) is 5.52 Å². The standard InChI is InChI=1S/C9H10N2O/c12-6-3-8-2-5-11-9(7-8)1-4-10-11/h1-2,4-5,7,12H,3,6H2. The molecule has 0 spiro atoms. The van der Waals surface area contributed by atoms with E-state index in [-0.39, 0.29) is 6.61 Å². The Morgan fingerprint density at radius 3 is 3.17 bits per heavy atom. The smallest absolute Gasteiger partial charge is 0.0664 e. The largest absolute Gasteiger partial charge is 0.396 e. The van der Waals surface area contributed by atoms with Crippen molar-refractivity contribution in [3.05, 3.63) is 36.2 Å². The molecule has 0 aromatic carbocycles. The fourth-order valence-corrected chi connectivity index (χ4v) is 1.25. The van der Waals surface area contributed by atoms with Crippen molar-refractivity contribution in [3.63, 3.8) is 0 Å². The van der Waals surface area contributed by atoms with Crippen molar-refractivity contribution in [2.45, 2.75) is 6.42 Å². The Kier molecular flexibility index (Phi) is 1.80. The zero-order valence-electron chi connectivity index (χ0n) is 6.64. The highest BCUT2D eigenvalue weighted by Gasteiger charge is 1.95. The van der Waals surface area contributed by atoms with E-state index in [4.69, 9.17) is 5.11 Å². The molecule has 2 heterocycles. The van der Waals surface area contributed by atoms with Crippen molar-refractivity contribution in [1.29, 1.82) is 0 Å². The molecule has 0 amide bonds. The predicted octanol–water partition coefficient (Wildman–Crippen LogP) is 0.869. The van der Waals surface area contributed by atoms with Gasteiger partial charge in [0, 0.05) is 19.0 Å². The molecule has 2 aromatic rings. The van der Waals surface area contributed by atoms with Gasteiger partial charge in [-0.25, -0.2) is 4.52 Å². The second-order valence-electron chi connectivity index (χ2n) is 2.71. The Labute approximate surface area is 70.3 Å². The highest BCUT2D eigenvalue weighted by atomic mass is 16.2. The minimum atomic E-state index is 0.199. The summed E-state index contributed by atoms with van der Waals surface area (Å²) in [4.78, 5) is 0. The fraction of sp³-hybridized carbons (Fsp3) is 0.222. The van der Waals surface area contributed by atoms with Crippen molar-refractivity contribution in [1.82, 2.24) is 9.61 Å². The summed E-state index contributed by atoms with van der Waals surface area (Å²) in [6.45, 7) is 0.199. The van der Waals surface area contributed by atoms with Crippen LogP contribution in [0.25, 0.3) is 5.52 Å². The third-order valence-electron chi connectivity index (χ3n) is 1.86. The summed E-state index contributed by atoms with van der Waals surface area (Å²) in [5.74, 6) is 0. The molecule has 2 rings (SSSR count). The summed E-state index contributed by atoms with van der Waals surface area (Å²) >= 11 is 0. The minimum absolute atomic E-state index is 0.199. The van der Waals surface area contributed by atoms with E-state index in [9.17, 15) is 0 Å². The fourth-order valence-electron chi connectivity index (χ4n) is 1.25. The maximum Gasteiger partial charge on any atom is 0.0664 e. The van der Waals surface area contributed by atoms with Crippen LogP contribution in [0.3, 0.4) is 0 Å². The molecular formula is C9H10N2O. The highest BCUT2D eigenvalue weighted by molar-refractivity contribution is 5.47. The summed E-state index contributed by atoms with van der Waals surface area (Å²) in [5.41, 5.74) is 2.21. The second-order valence-corrected chi connectivity index (χ2v) is 2.71. The van der Waals surface area contributed by atoms with Crippen LogP contribution in [-0.4, -0.2) is 21.3 Å². The van der Waals surface area contributed by atoms with Gasteiger partial charge < -0.3 is 5.11 Å². The number of hydrogen-bond acceptors (Lipinski definition) is 2. The van der Waals surface area contributed by atoms with Gasteiger partial charge in [0.25, 0.3) is 0 Å². The number of rotatable bonds is 2. The average Bonchev–Trinajstić information content (AvgIpc) is 2.51. The zero-order chi connectivity index (χ0) is 8.39. The molecule has 2 aromatic heterocycles. The first-order valence-electron chi connectivity index (χ1n) is 3.93. The van der Waals surface area contributed by atoms with Gasteiger partial charge in [-0.1, -0.05) is 0 Å². The van der Waals surface area contributed by atoms with E-state index in [2.05, 4.69) is 5.10 Å². The van der Waals surface area contributed by atoms with Crippen LogP contribution >= 0.6 is 0 Å². The highest BCUT2D eigenvalue weighted by Crippen LogP contribution is 2.06. The molecule has 0 fully saturated rings. The van der Waals surface area contributed by atoms with Gasteiger partial charge in [-0.05, 0) is 30.2 Å². The summed E-state index contributed by atoms with van der Waals surface area (Å²) in [6, 6.07) is 5.94. The third-order valence-corrected chi connectivity index (χ3v) is 1.86. The monoisotopic (exact) mass is 162 g/mol. The van der Waals surface area contributed by atoms with E-state index in [1.807, 2.05) is 24.4 Å². The van der Waals surface area contributed by atoms with E-state index in [1.54, 1.807) is 10.7 Å². The lowest BCUT2D eigenvalue weighted by atomic mass is 10.2. The van der Waals surface area contributed by atoms with Crippen LogP contribution in [-0.2, 0) is 6.42 Å². The van der Waals surface area contributed by atoms with Crippen LogP contribution in [0.5, 0.6) is 0 Å². The van der Waals surface area contributed by atoms with Crippen LogP contribution in [0, 0.1) is 0 Å². The van der Waals surface area contributed by atoms with Gasteiger partial charge >= 0.3 is 0 Å². The Morgan fingerprint density at radius 1 is 1.42 bits per heavy atom. The quantitative estimate of drug-likeness (QED) is 0.711. The Hall–Kier alpha value is -1.35. The average molecular weight is 162 g/mol. The number of aromatic nitrogens is 2. The molecule has 3 heteroatoms. The summed E-state index contributed by atoms with van der Waals surface area (Å²) in [6.07, 6.45) is 4.38. The molecule has 0 saturated carbocycles. The topological polar surface area (TPSA) is 37.5 Å². The first-order valence-corrected chi connectivity index (χ1v) is 3.93. The van der Waals surface area contributed by atoms with Crippen LogP contribution in [0.1, 0.15) is 5.56 Å². The molecule has 0 unspecified atom stereocenters. The summed E-state index contributed by atoms with van der Waals surface area (Å²) < 4.78 is 1.81. The lowest BCUT2D eigenvalue weighted by Gasteiger charge is -1.98. The zero-order valence-corrected chi connectivity index (χ0v) is 6.64. The predicted molar refractivity (Wildman–Crippen MR) is 46.0 cm³/mol. The Balaban J connectivity index is 2.46. The van der Waals surface area contributed by atoms with Crippen LogP contribution in [0.2, 0.25) is 0 Å². The third kappa shape index (κ3) is 1.19. The van der Waals surface area contributed by atoms with E-state index in [1.165, 1.54) is 0 Å². The molecule has 0 bridgehead atoms. The van der Waals surface area contributed by atoms with Crippen LogP contribution in [0.4, 0.5) is 0 Å². The van der Waals surface area contributed by atoms with Gasteiger partial charge in [-0.2, -0.15) is 5.10 Å². The number of nitrogens with zero attached hydrogens (tertiary/aromatic N) is 2. The molecule has 0 atom stereocenters. The van der Waals surface area contributed by atoms with Crippen molar-refractivity contribution in [2.75, 3.05) is 6.61 Å². The molecule has 62 valence electrons. The van der Waals surface area contributed by atoms with Gasteiger partial charge in [0.15, 0.2) is 0 Å². The van der Waals surface area contributed by atoms with Crippen LogP contribution < -0.4 is 0 Å². The van der Waals surface area contributed by atoms with Crippen molar-refractivity contribution in [2.24, 2.45) is 0 Å². The van der Waals surface area contributed by atoms with E-state index in [0.717, 1.165) is 11.1 Å². The maximum atomic E-state index is 8.72. The van der Waals surface area contributed by atoms with Gasteiger partial charge in [-0.15, -0.1) is 0 Å². The van der Waals surface area contributed by atoms with Gasteiger partial charge in [0.1, 0.15) is 0 Å². The van der Waals surface area contributed by atoms with Crippen molar-refractivity contribution >= 4 is 5.52 Å². The summed E-state index contributed by atoms with van der Waals surface area (Å²) in [5, 5.41) is 12.8. The summed E-state index contributed by atoms with van der Waals surface area (Å²) in [7, 11) is 0. The van der Waals surface area contributed by atoms with Gasteiger partial charge in [0.2, 0.25) is 0 Å². The Bertz CT molecular complexity index is 381. The van der Waals surface area contributed by atoms with Crippen molar-refractivity contribution < 1.29 is 5.11 Å². The first-order chi connectivity index (χ1) is 5.90. The lowest BCUT2D eigenvalue weighted by molar-refractivity contribution is 0.299. The molecule has 0 radical (unpaired) electrons. The molecule has 0 aliphatic rings. The molecule has 0 aliphatic carbocycles. The van der Waals surface area contributed by atoms with E-state index < -0.39 is 0 Å². The second kappa shape index (κ2) is 2.95. The first kappa shape index (κ1) is 7.31. The number of fused-ring (bicyclic) bond motifs is 1. The molecular weight excluding hydrogens is 152 g/mol.